The number of benzene rings is 1. The van der Waals surface area contributed by atoms with E-state index in [0.717, 1.165) is 0 Å². The summed E-state index contributed by atoms with van der Waals surface area (Å²) in [5.74, 6) is 0.181. The van der Waals surface area contributed by atoms with Crippen molar-refractivity contribution in [2.75, 3.05) is 24.5 Å². The quantitative estimate of drug-likeness (QED) is 0.666. The SMILES string of the molecule is CC(C)(C)OC(=O)N1CCC(Oc2ccc(N3CC(S(=O)(=O)F)CC3=O)cc2)CC1. The predicted octanol–water partition coefficient (Wildman–Crippen LogP) is 2.87. The van der Waals surface area contributed by atoms with Gasteiger partial charge in [-0.05, 0) is 45.0 Å². The first-order valence-electron chi connectivity index (χ1n) is 9.91. The second-order valence-corrected chi connectivity index (χ2v) is 10.2. The lowest BCUT2D eigenvalue weighted by Crippen LogP contribution is -2.44. The minimum atomic E-state index is -4.75. The van der Waals surface area contributed by atoms with E-state index in [9.17, 15) is 21.9 Å². The van der Waals surface area contributed by atoms with Crippen molar-refractivity contribution in [1.29, 1.82) is 0 Å². The molecular formula is C20H27FN2O6S. The lowest BCUT2D eigenvalue weighted by molar-refractivity contribution is -0.117. The summed E-state index contributed by atoms with van der Waals surface area (Å²) in [4.78, 5) is 27.1. The first-order valence-corrected chi connectivity index (χ1v) is 11.4. The van der Waals surface area contributed by atoms with E-state index < -0.39 is 27.0 Å². The maximum Gasteiger partial charge on any atom is 0.410 e. The maximum atomic E-state index is 13.2. The molecule has 2 amide bonds. The number of piperidine rings is 1. The van der Waals surface area contributed by atoms with E-state index in [0.29, 0.717) is 37.4 Å². The van der Waals surface area contributed by atoms with Crippen LogP contribution in [0.25, 0.3) is 0 Å². The predicted molar refractivity (Wildman–Crippen MR) is 109 cm³/mol. The van der Waals surface area contributed by atoms with Gasteiger partial charge < -0.3 is 19.3 Å². The zero-order valence-corrected chi connectivity index (χ0v) is 18.2. The minimum absolute atomic E-state index is 0.0518. The van der Waals surface area contributed by atoms with E-state index in [2.05, 4.69) is 0 Å². The molecule has 30 heavy (non-hydrogen) atoms. The molecule has 2 saturated heterocycles. The van der Waals surface area contributed by atoms with Gasteiger partial charge in [-0.2, -0.15) is 8.42 Å². The molecule has 1 unspecified atom stereocenters. The monoisotopic (exact) mass is 442 g/mol. The summed E-state index contributed by atoms with van der Waals surface area (Å²) in [6, 6.07) is 6.69. The molecule has 166 valence electrons. The number of amides is 2. The lowest BCUT2D eigenvalue weighted by Gasteiger charge is -2.33. The largest absolute Gasteiger partial charge is 0.490 e. The van der Waals surface area contributed by atoms with Crippen LogP contribution in [0.1, 0.15) is 40.0 Å². The van der Waals surface area contributed by atoms with Crippen LogP contribution in [-0.4, -0.2) is 61.9 Å². The number of carbonyl (C=O) groups excluding carboxylic acids is 2. The van der Waals surface area contributed by atoms with Crippen LogP contribution in [0.2, 0.25) is 0 Å². The third-order valence-corrected chi connectivity index (χ3v) is 6.14. The Kier molecular flexibility index (Phi) is 6.26. The average molecular weight is 443 g/mol. The van der Waals surface area contributed by atoms with Crippen molar-refractivity contribution >= 4 is 27.9 Å². The van der Waals surface area contributed by atoms with Crippen LogP contribution in [0, 0.1) is 0 Å². The van der Waals surface area contributed by atoms with Crippen LogP contribution >= 0.6 is 0 Å². The molecule has 0 aromatic heterocycles. The van der Waals surface area contributed by atoms with E-state index in [-0.39, 0.29) is 25.2 Å². The fraction of sp³-hybridized carbons (Fsp3) is 0.600. The highest BCUT2D eigenvalue weighted by molar-refractivity contribution is 7.87. The van der Waals surface area contributed by atoms with Gasteiger partial charge in [0.15, 0.2) is 0 Å². The number of halogens is 1. The van der Waals surface area contributed by atoms with Crippen LogP contribution in [0.4, 0.5) is 14.4 Å². The van der Waals surface area contributed by atoms with Crippen LogP contribution in [0.15, 0.2) is 24.3 Å². The number of anilines is 1. The third kappa shape index (κ3) is 5.62. The van der Waals surface area contributed by atoms with Crippen LogP contribution < -0.4 is 9.64 Å². The van der Waals surface area contributed by atoms with Gasteiger partial charge in [0.05, 0.1) is 0 Å². The van der Waals surface area contributed by atoms with E-state index >= 15 is 0 Å². The first kappa shape index (κ1) is 22.3. The molecule has 0 saturated carbocycles. The summed E-state index contributed by atoms with van der Waals surface area (Å²) in [6.07, 6.45) is 0.606. The van der Waals surface area contributed by atoms with E-state index in [1.807, 2.05) is 20.8 Å². The number of hydrogen-bond acceptors (Lipinski definition) is 6. The third-order valence-electron chi connectivity index (χ3n) is 5.03. The molecule has 1 aromatic carbocycles. The molecule has 2 aliphatic rings. The smallest absolute Gasteiger partial charge is 0.410 e. The van der Waals surface area contributed by atoms with Crippen LogP contribution in [0.5, 0.6) is 5.75 Å². The van der Waals surface area contributed by atoms with Gasteiger partial charge in [0.2, 0.25) is 5.91 Å². The molecule has 3 rings (SSSR count). The molecule has 0 aliphatic carbocycles. The molecule has 0 spiro atoms. The Labute approximate surface area is 176 Å². The molecule has 0 bridgehead atoms. The number of rotatable bonds is 4. The summed E-state index contributed by atoms with van der Waals surface area (Å²) < 4.78 is 46.7. The lowest BCUT2D eigenvalue weighted by atomic mass is 10.1. The Bertz CT molecular complexity index is 889. The van der Waals surface area contributed by atoms with Gasteiger partial charge in [-0.25, -0.2) is 4.79 Å². The molecule has 1 aromatic rings. The second-order valence-electron chi connectivity index (χ2n) is 8.58. The Morgan fingerprint density at radius 3 is 2.23 bits per heavy atom. The molecule has 2 aliphatic heterocycles. The number of ether oxygens (including phenoxy) is 2. The zero-order valence-electron chi connectivity index (χ0n) is 17.3. The highest BCUT2D eigenvalue weighted by Gasteiger charge is 2.39. The second kappa shape index (κ2) is 8.41. The van der Waals surface area contributed by atoms with Crippen molar-refractivity contribution in [2.45, 2.75) is 57.0 Å². The van der Waals surface area contributed by atoms with Crippen LogP contribution in [-0.2, 0) is 19.8 Å². The van der Waals surface area contributed by atoms with Crippen molar-refractivity contribution in [3.63, 3.8) is 0 Å². The number of hydrogen-bond donors (Lipinski definition) is 0. The zero-order chi connectivity index (χ0) is 22.1. The van der Waals surface area contributed by atoms with E-state index in [4.69, 9.17) is 9.47 Å². The van der Waals surface area contributed by atoms with Crippen molar-refractivity contribution in [2.24, 2.45) is 0 Å². The van der Waals surface area contributed by atoms with Gasteiger partial charge >= 0.3 is 16.3 Å². The molecule has 2 fully saturated rings. The van der Waals surface area contributed by atoms with Gasteiger partial charge in [-0.15, -0.1) is 3.89 Å². The summed E-state index contributed by atoms with van der Waals surface area (Å²) in [7, 11) is -4.75. The molecule has 10 heteroatoms. The highest BCUT2D eigenvalue weighted by atomic mass is 32.3. The van der Waals surface area contributed by atoms with Crippen molar-refractivity contribution < 1.29 is 31.4 Å². The molecule has 1 atom stereocenters. The van der Waals surface area contributed by atoms with Crippen LogP contribution in [0.3, 0.4) is 0 Å². The first-order chi connectivity index (χ1) is 13.9. The number of nitrogens with zero attached hydrogens (tertiary/aromatic N) is 2. The highest BCUT2D eigenvalue weighted by Crippen LogP contribution is 2.28. The van der Waals surface area contributed by atoms with Gasteiger partial charge in [0.1, 0.15) is 22.7 Å². The summed E-state index contributed by atoms with van der Waals surface area (Å²) in [5, 5.41) is -1.32. The Morgan fingerprint density at radius 2 is 1.73 bits per heavy atom. The summed E-state index contributed by atoms with van der Waals surface area (Å²) >= 11 is 0. The molecular weight excluding hydrogens is 415 g/mol. The Morgan fingerprint density at radius 1 is 1.13 bits per heavy atom. The van der Waals surface area contributed by atoms with Gasteiger partial charge in [-0.1, -0.05) is 0 Å². The van der Waals surface area contributed by atoms with E-state index in [1.54, 1.807) is 29.2 Å². The van der Waals surface area contributed by atoms with Gasteiger partial charge in [0.25, 0.3) is 0 Å². The number of carbonyl (C=O) groups is 2. The van der Waals surface area contributed by atoms with Crippen molar-refractivity contribution in [3.05, 3.63) is 24.3 Å². The topological polar surface area (TPSA) is 93.2 Å². The molecule has 0 radical (unpaired) electrons. The summed E-state index contributed by atoms with van der Waals surface area (Å²) in [5.41, 5.74) is -0.0321. The summed E-state index contributed by atoms with van der Waals surface area (Å²) in [6.45, 7) is 6.38. The Hall–Kier alpha value is -2.36. The minimum Gasteiger partial charge on any atom is -0.490 e. The average Bonchev–Trinajstić information content (AvgIpc) is 3.04. The van der Waals surface area contributed by atoms with E-state index in [1.165, 1.54) is 4.90 Å². The van der Waals surface area contributed by atoms with Crippen molar-refractivity contribution in [1.82, 2.24) is 4.90 Å². The maximum absolute atomic E-state index is 13.2. The molecule has 8 nitrogen and oxygen atoms in total. The normalized spacial score (nSPS) is 21.1. The fourth-order valence-electron chi connectivity index (χ4n) is 3.49. The molecule has 0 N–H and O–H groups in total. The Balaban J connectivity index is 1.52. The van der Waals surface area contributed by atoms with Crippen molar-refractivity contribution in [3.8, 4) is 5.75 Å². The van der Waals surface area contributed by atoms with Gasteiger partial charge in [-0.3, -0.25) is 4.79 Å². The standard InChI is InChI=1S/C20H27FN2O6S/c1-20(2,3)29-19(25)22-10-8-16(9-11-22)28-15-6-4-14(5-7-15)23-13-17(12-18(23)24)30(21,26)27/h4-7,16-17H,8-13H2,1-3H3. The fourth-order valence-corrected chi connectivity index (χ4v) is 4.16. The number of likely N-dealkylation sites (tertiary alicyclic amines) is 1. The molecule has 2 heterocycles. The van der Waals surface area contributed by atoms with Gasteiger partial charge in [0, 0.05) is 44.6 Å².